The number of benzene rings is 1. The molecule has 8 heteroatoms. The summed E-state index contributed by atoms with van der Waals surface area (Å²) in [4.78, 5) is 20.9. The number of nitrogens with zero attached hydrogens (tertiary/aromatic N) is 3. The first-order valence-electron chi connectivity index (χ1n) is 9.34. The molecule has 28 heavy (non-hydrogen) atoms. The summed E-state index contributed by atoms with van der Waals surface area (Å²) in [5.74, 6) is -3.02. The highest BCUT2D eigenvalue weighted by molar-refractivity contribution is 7.09. The van der Waals surface area contributed by atoms with Crippen LogP contribution in [0.3, 0.4) is 0 Å². The summed E-state index contributed by atoms with van der Waals surface area (Å²) in [6.07, 6.45) is 0.0748. The van der Waals surface area contributed by atoms with Crippen LogP contribution in [0.4, 0.5) is 8.78 Å². The van der Waals surface area contributed by atoms with E-state index < -0.39 is 11.3 Å². The molecule has 1 unspecified atom stereocenters. The van der Waals surface area contributed by atoms with Crippen LogP contribution >= 0.6 is 22.9 Å². The molecule has 0 aliphatic carbocycles. The molecule has 4 nitrogen and oxygen atoms in total. The second-order valence-corrected chi connectivity index (χ2v) is 9.29. The molecule has 0 N–H and O–H groups in total. The third kappa shape index (κ3) is 3.67. The number of rotatable bonds is 3. The number of carbonyl (C=O) groups is 1. The van der Waals surface area contributed by atoms with Crippen molar-refractivity contribution in [3.63, 3.8) is 0 Å². The number of hydrogen-bond acceptors (Lipinski definition) is 4. The van der Waals surface area contributed by atoms with E-state index in [1.807, 2.05) is 17.2 Å². The molecule has 1 spiro atoms. The molecular weight excluding hydrogens is 404 g/mol. The van der Waals surface area contributed by atoms with Crippen molar-refractivity contribution < 1.29 is 13.6 Å². The van der Waals surface area contributed by atoms with E-state index in [4.69, 9.17) is 11.6 Å². The second-order valence-electron chi connectivity index (χ2n) is 7.79. The van der Waals surface area contributed by atoms with Gasteiger partial charge < -0.3 is 4.90 Å². The number of aryl methyl sites for hydroxylation is 1. The number of amides is 1. The molecule has 0 saturated carbocycles. The molecule has 1 amide bonds. The summed E-state index contributed by atoms with van der Waals surface area (Å²) >= 11 is 7.56. The summed E-state index contributed by atoms with van der Waals surface area (Å²) < 4.78 is 30.0. The maximum Gasteiger partial charge on any atom is 0.258 e. The topological polar surface area (TPSA) is 36.4 Å². The zero-order valence-corrected chi connectivity index (χ0v) is 17.2. The largest absolute Gasteiger partial charge is 0.338 e. The van der Waals surface area contributed by atoms with Crippen molar-refractivity contribution in [2.75, 3.05) is 26.2 Å². The molecule has 0 radical (unpaired) electrons. The molecule has 3 heterocycles. The first-order chi connectivity index (χ1) is 13.3. The van der Waals surface area contributed by atoms with Gasteiger partial charge in [-0.2, -0.15) is 0 Å². The van der Waals surface area contributed by atoms with Gasteiger partial charge in [0.15, 0.2) is 0 Å². The number of hydrogen-bond donors (Lipinski definition) is 0. The van der Waals surface area contributed by atoms with Crippen molar-refractivity contribution in [1.82, 2.24) is 14.8 Å². The quantitative estimate of drug-likeness (QED) is 0.727. The van der Waals surface area contributed by atoms with E-state index in [0.717, 1.165) is 10.7 Å². The van der Waals surface area contributed by atoms with Crippen molar-refractivity contribution in [2.45, 2.75) is 32.2 Å². The van der Waals surface area contributed by atoms with Crippen molar-refractivity contribution in [2.24, 2.45) is 5.41 Å². The minimum atomic E-state index is -2.79. The fourth-order valence-corrected chi connectivity index (χ4v) is 5.10. The Bertz CT molecular complexity index is 890. The Morgan fingerprint density at radius 2 is 2.11 bits per heavy atom. The second kappa shape index (κ2) is 7.35. The normalized spacial score (nSPS) is 24.8. The van der Waals surface area contributed by atoms with Gasteiger partial charge in [0, 0.05) is 48.6 Å². The molecule has 4 rings (SSSR count). The van der Waals surface area contributed by atoms with Crippen LogP contribution < -0.4 is 0 Å². The summed E-state index contributed by atoms with van der Waals surface area (Å²) in [6, 6.07) is 6.67. The summed E-state index contributed by atoms with van der Waals surface area (Å²) in [5, 5.41) is 3.42. The Kier molecular flexibility index (Phi) is 5.18. The van der Waals surface area contributed by atoms with Crippen LogP contribution in [0.1, 0.15) is 33.9 Å². The van der Waals surface area contributed by atoms with E-state index in [1.165, 1.54) is 0 Å². The summed E-state index contributed by atoms with van der Waals surface area (Å²) in [6.45, 7) is 3.50. The SMILES string of the molecule is Cc1nc(CN2CCC3(C2)CN(C(=O)c2cccc(Cl)c2)CCC3(F)F)cs1. The lowest BCUT2D eigenvalue weighted by molar-refractivity contribution is -0.155. The van der Waals surface area contributed by atoms with Crippen LogP contribution in [0, 0.1) is 12.3 Å². The van der Waals surface area contributed by atoms with Gasteiger partial charge in [-0.15, -0.1) is 11.3 Å². The zero-order chi connectivity index (χ0) is 19.9. The third-order valence-corrected chi connectivity index (χ3v) is 6.87. The van der Waals surface area contributed by atoms with Crippen LogP contribution in [0.25, 0.3) is 0 Å². The number of alkyl halides is 2. The van der Waals surface area contributed by atoms with Gasteiger partial charge in [0.2, 0.25) is 0 Å². The maximum absolute atomic E-state index is 15.0. The van der Waals surface area contributed by atoms with Crippen molar-refractivity contribution in [1.29, 1.82) is 0 Å². The van der Waals surface area contributed by atoms with Gasteiger partial charge in [-0.1, -0.05) is 17.7 Å². The Morgan fingerprint density at radius 3 is 2.82 bits per heavy atom. The van der Waals surface area contributed by atoms with E-state index >= 15 is 0 Å². The van der Waals surface area contributed by atoms with Gasteiger partial charge >= 0.3 is 0 Å². The van der Waals surface area contributed by atoms with Gasteiger partial charge in [0.05, 0.1) is 16.1 Å². The number of carbonyl (C=O) groups excluding carboxylic acids is 1. The molecule has 1 atom stereocenters. The lowest BCUT2D eigenvalue weighted by atomic mass is 9.75. The van der Waals surface area contributed by atoms with Crippen LogP contribution in [-0.2, 0) is 6.54 Å². The smallest absolute Gasteiger partial charge is 0.258 e. The lowest BCUT2D eigenvalue weighted by Gasteiger charge is -2.46. The van der Waals surface area contributed by atoms with Crippen LogP contribution in [-0.4, -0.2) is 52.8 Å². The summed E-state index contributed by atoms with van der Waals surface area (Å²) in [5.41, 5.74) is 0.163. The molecule has 0 bridgehead atoms. The molecule has 1 aromatic heterocycles. The molecule has 2 fully saturated rings. The number of thiazole rings is 1. The molecule has 2 aromatic rings. The van der Waals surface area contributed by atoms with E-state index in [1.54, 1.807) is 40.5 Å². The Balaban J connectivity index is 1.51. The average molecular weight is 426 g/mol. The molecular formula is C20H22ClF2N3OS. The van der Waals surface area contributed by atoms with Crippen LogP contribution in [0.5, 0.6) is 0 Å². The molecule has 2 aliphatic rings. The fourth-order valence-electron chi connectivity index (χ4n) is 4.31. The molecule has 2 saturated heterocycles. The minimum absolute atomic E-state index is 0.0609. The average Bonchev–Trinajstić information content (AvgIpc) is 3.24. The van der Waals surface area contributed by atoms with Crippen LogP contribution in [0.2, 0.25) is 5.02 Å². The lowest BCUT2D eigenvalue weighted by Crippen LogP contribution is -2.58. The molecule has 150 valence electrons. The van der Waals surface area contributed by atoms with Gasteiger partial charge in [-0.3, -0.25) is 9.69 Å². The summed E-state index contributed by atoms with van der Waals surface area (Å²) in [7, 11) is 0. The maximum atomic E-state index is 15.0. The predicted molar refractivity (Wildman–Crippen MR) is 106 cm³/mol. The number of piperidine rings is 1. The van der Waals surface area contributed by atoms with Gasteiger partial charge in [-0.05, 0) is 38.1 Å². The van der Waals surface area contributed by atoms with E-state index in [2.05, 4.69) is 4.98 Å². The number of halogens is 3. The van der Waals surface area contributed by atoms with E-state index in [0.29, 0.717) is 30.1 Å². The first kappa shape index (κ1) is 19.7. The molecule has 2 aliphatic heterocycles. The standard InChI is InChI=1S/C20H22ClF2N3OS/c1-14-24-17(11-28-14)10-25-7-5-19(12-25)13-26(8-6-20(19,22)23)18(27)15-3-2-4-16(21)9-15/h2-4,9,11H,5-8,10,12-13H2,1H3. The van der Waals surface area contributed by atoms with Gasteiger partial charge in [0.1, 0.15) is 0 Å². The highest BCUT2D eigenvalue weighted by atomic mass is 35.5. The van der Waals surface area contributed by atoms with E-state index in [-0.39, 0.29) is 32.0 Å². The monoisotopic (exact) mass is 425 g/mol. The van der Waals surface area contributed by atoms with Crippen LogP contribution in [0.15, 0.2) is 29.6 Å². The number of likely N-dealkylation sites (tertiary alicyclic amines) is 2. The minimum Gasteiger partial charge on any atom is -0.338 e. The van der Waals surface area contributed by atoms with Gasteiger partial charge in [-0.25, -0.2) is 13.8 Å². The van der Waals surface area contributed by atoms with Crippen molar-refractivity contribution in [3.8, 4) is 0 Å². The van der Waals surface area contributed by atoms with Gasteiger partial charge in [0.25, 0.3) is 11.8 Å². The highest BCUT2D eigenvalue weighted by Crippen LogP contribution is 2.50. The fraction of sp³-hybridized carbons (Fsp3) is 0.500. The zero-order valence-electron chi connectivity index (χ0n) is 15.6. The Labute approximate surface area is 172 Å². The third-order valence-electron chi connectivity index (χ3n) is 5.81. The molecule has 1 aromatic carbocycles. The van der Waals surface area contributed by atoms with E-state index in [9.17, 15) is 13.6 Å². The first-order valence-corrected chi connectivity index (χ1v) is 10.6. The Hall–Kier alpha value is -1.57. The van der Waals surface area contributed by atoms with Crippen molar-refractivity contribution >= 4 is 28.8 Å². The Morgan fingerprint density at radius 1 is 1.29 bits per heavy atom. The highest BCUT2D eigenvalue weighted by Gasteiger charge is 2.59. The van der Waals surface area contributed by atoms with Crippen molar-refractivity contribution in [3.05, 3.63) is 50.9 Å². The number of aromatic nitrogens is 1. The predicted octanol–water partition coefficient (Wildman–Crippen LogP) is 4.48.